The third-order valence-electron chi connectivity index (χ3n) is 2.06. The van der Waals surface area contributed by atoms with Crippen molar-refractivity contribution >= 4 is 29.1 Å². The molecule has 5 nitrogen and oxygen atoms in total. The molecule has 0 aliphatic heterocycles. The third-order valence-corrected chi connectivity index (χ3v) is 2.48. The molecule has 0 radical (unpaired) electrons. The van der Waals surface area contributed by atoms with E-state index in [2.05, 4.69) is 10.6 Å². The Kier molecular flexibility index (Phi) is 4.78. The van der Waals surface area contributed by atoms with E-state index in [1.165, 1.54) is 6.92 Å². The Hall–Kier alpha value is -1.75. The van der Waals surface area contributed by atoms with Gasteiger partial charge in [-0.3, -0.25) is 9.59 Å². The summed E-state index contributed by atoms with van der Waals surface area (Å²) in [6.45, 7) is 2.13. The van der Waals surface area contributed by atoms with E-state index in [4.69, 9.17) is 17.3 Å². The summed E-state index contributed by atoms with van der Waals surface area (Å²) in [7, 11) is 0. The van der Waals surface area contributed by atoms with Crippen LogP contribution in [-0.4, -0.2) is 24.9 Å². The van der Waals surface area contributed by atoms with Crippen molar-refractivity contribution in [3.63, 3.8) is 0 Å². The maximum absolute atomic E-state index is 11.7. The maximum atomic E-state index is 11.7. The zero-order chi connectivity index (χ0) is 12.8. The number of carbonyl (C=O) groups excluding carboxylic acids is 2. The van der Waals surface area contributed by atoms with Crippen molar-refractivity contribution in [1.82, 2.24) is 10.6 Å². The van der Waals surface area contributed by atoms with Gasteiger partial charge in [-0.15, -0.1) is 0 Å². The van der Waals surface area contributed by atoms with Crippen molar-refractivity contribution in [2.45, 2.75) is 6.92 Å². The van der Waals surface area contributed by atoms with Gasteiger partial charge >= 0.3 is 0 Å². The van der Waals surface area contributed by atoms with Crippen LogP contribution in [0.15, 0.2) is 18.2 Å². The van der Waals surface area contributed by atoms with Crippen LogP contribution in [0, 0.1) is 0 Å². The van der Waals surface area contributed by atoms with E-state index in [0.717, 1.165) is 0 Å². The van der Waals surface area contributed by atoms with E-state index in [0.29, 0.717) is 24.3 Å². The number of hydrogen-bond acceptors (Lipinski definition) is 3. The van der Waals surface area contributed by atoms with Gasteiger partial charge in [0, 0.05) is 20.0 Å². The van der Waals surface area contributed by atoms with E-state index < -0.39 is 0 Å². The molecule has 0 aliphatic carbocycles. The standard InChI is InChI=1S/C11H14ClN3O2/c1-7(16)14-5-6-15-11(17)8-3-2-4-9(13)10(8)12/h2-4H,5-6,13H2,1H3,(H,14,16)(H,15,17). The zero-order valence-corrected chi connectivity index (χ0v) is 10.2. The van der Waals surface area contributed by atoms with Crippen LogP contribution in [0.25, 0.3) is 0 Å². The van der Waals surface area contributed by atoms with Gasteiger partial charge in [0.1, 0.15) is 0 Å². The summed E-state index contributed by atoms with van der Waals surface area (Å²) in [5.74, 6) is -0.450. The number of halogens is 1. The highest BCUT2D eigenvalue weighted by Gasteiger charge is 2.11. The van der Waals surface area contributed by atoms with Crippen molar-refractivity contribution < 1.29 is 9.59 Å². The van der Waals surface area contributed by atoms with Gasteiger partial charge in [-0.25, -0.2) is 0 Å². The molecule has 0 bridgehead atoms. The molecular formula is C11H14ClN3O2. The second-order valence-corrected chi connectivity index (χ2v) is 3.83. The minimum absolute atomic E-state index is 0.138. The highest BCUT2D eigenvalue weighted by molar-refractivity contribution is 6.36. The van der Waals surface area contributed by atoms with Gasteiger partial charge in [-0.05, 0) is 12.1 Å². The molecule has 17 heavy (non-hydrogen) atoms. The van der Waals surface area contributed by atoms with E-state index in [1.807, 2.05) is 0 Å². The van der Waals surface area contributed by atoms with Crippen molar-refractivity contribution in [2.75, 3.05) is 18.8 Å². The second kappa shape index (κ2) is 6.10. The number of amides is 2. The molecule has 0 aliphatic rings. The molecule has 0 unspecified atom stereocenters. The first-order valence-electron chi connectivity index (χ1n) is 5.09. The van der Waals surface area contributed by atoms with Crippen LogP contribution in [0.3, 0.4) is 0 Å². The van der Waals surface area contributed by atoms with Crippen LogP contribution in [0.4, 0.5) is 5.69 Å². The van der Waals surface area contributed by atoms with E-state index in [1.54, 1.807) is 18.2 Å². The summed E-state index contributed by atoms with van der Waals surface area (Å²) in [4.78, 5) is 22.3. The first kappa shape index (κ1) is 13.3. The number of nitrogens with two attached hydrogens (primary N) is 1. The molecule has 6 heteroatoms. The molecule has 1 aromatic carbocycles. The fraction of sp³-hybridized carbons (Fsp3) is 0.273. The molecule has 2 amide bonds. The van der Waals surface area contributed by atoms with Crippen LogP contribution in [0.1, 0.15) is 17.3 Å². The Labute approximate surface area is 104 Å². The SMILES string of the molecule is CC(=O)NCCNC(=O)c1cccc(N)c1Cl. The average molecular weight is 256 g/mol. The number of rotatable bonds is 4. The Bertz CT molecular complexity index is 435. The van der Waals surface area contributed by atoms with Crippen LogP contribution in [-0.2, 0) is 4.79 Å². The number of hydrogen-bond donors (Lipinski definition) is 3. The molecule has 4 N–H and O–H groups in total. The highest BCUT2D eigenvalue weighted by Crippen LogP contribution is 2.22. The number of nitrogens with one attached hydrogen (secondary N) is 2. The van der Waals surface area contributed by atoms with Crippen LogP contribution in [0.2, 0.25) is 5.02 Å². The third kappa shape index (κ3) is 3.96. The molecule has 1 aromatic rings. The van der Waals surface area contributed by atoms with Crippen LogP contribution >= 0.6 is 11.6 Å². The quantitative estimate of drug-likeness (QED) is 0.549. The highest BCUT2D eigenvalue weighted by atomic mass is 35.5. The fourth-order valence-electron chi connectivity index (χ4n) is 1.23. The molecule has 0 heterocycles. The molecule has 0 saturated carbocycles. The van der Waals surface area contributed by atoms with E-state index in [9.17, 15) is 9.59 Å². The summed E-state index contributed by atoms with van der Waals surface area (Å²) in [5.41, 5.74) is 6.27. The van der Waals surface area contributed by atoms with Crippen LogP contribution < -0.4 is 16.4 Å². The predicted octanol–water partition coefficient (Wildman–Crippen LogP) is 0.788. The number of carbonyl (C=O) groups is 2. The second-order valence-electron chi connectivity index (χ2n) is 3.45. The average Bonchev–Trinajstić information content (AvgIpc) is 2.27. The summed E-state index contributed by atoms with van der Waals surface area (Å²) >= 11 is 5.90. The Balaban J connectivity index is 2.53. The first-order valence-corrected chi connectivity index (χ1v) is 5.46. The molecule has 0 spiro atoms. The van der Waals surface area contributed by atoms with Gasteiger partial charge in [0.2, 0.25) is 5.91 Å². The van der Waals surface area contributed by atoms with Crippen molar-refractivity contribution in [2.24, 2.45) is 0 Å². The van der Waals surface area contributed by atoms with Crippen molar-refractivity contribution in [3.8, 4) is 0 Å². The smallest absolute Gasteiger partial charge is 0.252 e. The van der Waals surface area contributed by atoms with Gasteiger partial charge in [0.05, 0.1) is 16.3 Å². The normalized spacial score (nSPS) is 9.76. The molecule has 0 saturated heterocycles. The number of benzene rings is 1. The summed E-state index contributed by atoms with van der Waals surface area (Å²) in [6.07, 6.45) is 0. The Morgan fingerprint density at radius 3 is 2.59 bits per heavy atom. The van der Waals surface area contributed by atoms with Crippen molar-refractivity contribution in [1.29, 1.82) is 0 Å². The van der Waals surface area contributed by atoms with E-state index >= 15 is 0 Å². The minimum atomic E-state index is -0.312. The predicted molar refractivity (Wildman–Crippen MR) is 66.9 cm³/mol. The Morgan fingerprint density at radius 1 is 1.29 bits per heavy atom. The maximum Gasteiger partial charge on any atom is 0.252 e. The van der Waals surface area contributed by atoms with Gasteiger partial charge < -0.3 is 16.4 Å². The molecule has 92 valence electrons. The van der Waals surface area contributed by atoms with Crippen molar-refractivity contribution in [3.05, 3.63) is 28.8 Å². The first-order chi connectivity index (χ1) is 8.02. The van der Waals surface area contributed by atoms with E-state index in [-0.39, 0.29) is 16.8 Å². The molecule has 1 rings (SSSR count). The zero-order valence-electron chi connectivity index (χ0n) is 9.42. The lowest BCUT2D eigenvalue weighted by Gasteiger charge is -2.08. The van der Waals surface area contributed by atoms with Crippen LogP contribution in [0.5, 0.6) is 0 Å². The lowest BCUT2D eigenvalue weighted by Crippen LogP contribution is -2.33. The van der Waals surface area contributed by atoms with Gasteiger partial charge in [-0.1, -0.05) is 17.7 Å². The summed E-state index contributed by atoms with van der Waals surface area (Å²) in [6, 6.07) is 4.87. The molecule has 0 atom stereocenters. The van der Waals surface area contributed by atoms with Gasteiger partial charge in [0.15, 0.2) is 0 Å². The summed E-state index contributed by atoms with van der Waals surface area (Å²) in [5, 5.41) is 5.44. The molecule has 0 fully saturated rings. The lowest BCUT2D eigenvalue weighted by atomic mass is 10.2. The van der Waals surface area contributed by atoms with Gasteiger partial charge in [-0.2, -0.15) is 0 Å². The number of anilines is 1. The molecule has 0 aromatic heterocycles. The monoisotopic (exact) mass is 255 g/mol. The lowest BCUT2D eigenvalue weighted by molar-refractivity contribution is -0.118. The Morgan fingerprint density at radius 2 is 1.94 bits per heavy atom. The minimum Gasteiger partial charge on any atom is -0.398 e. The molecular weight excluding hydrogens is 242 g/mol. The summed E-state index contributed by atoms with van der Waals surface area (Å²) < 4.78 is 0. The topological polar surface area (TPSA) is 84.2 Å². The largest absolute Gasteiger partial charge is 0.398 e. The van der Waals surface area contributed by atoms with Gasteiger partial charge in [0.25, 0.3) is 5.91 Å². The number of nitrogen functional groups attached to an aromatic ring is 1. The fourth-order valence-corrected chi connectivity index (χ4v) is 1.45.